The highest BCUT2D eigenvalue weighted by Gasteiger charge is 2.27. The van der Waals surface area contributed by atoms with Gasteiger partial charge in [0.05, 0.1) is 4.92 Å². The number of halogens is 1. The first-order valence-corrected chi connectivity index (χ1v) is 7.45. The third kappa shape index (κ3) is 3.11. The van der Waals surface area contributed by atoms with Crippen LogP contribution >= 0.6 is 15.9 Å². The number of nitro groups is 1. The first kappa shape index (κ1) is 15.2. The number of hydrogen-bond donors (Lipinski definition) is 2. The summed E-state index contributed by atoms with van der Waals surface area (Å²) in [5.74, 6) is -0.219. The molecule has 0 bridgehead atoms. The van der Waals surface area contributed by atoms with E-state index in [4.69, 9.17) is 0 Å². The van der Waals surface area contributed by atoms with Crippen molar-refractivity contribution in [2.75, 3.05) is 26.2 Å². The Bertz CT molecular complexity index is 504. The third-order valence-corrected chi connectivity index (χ3v) is 4.08. The van der Waals surface area contributed by atoms with Crippen LogP contribution in [0, 0.1) is 10.1 Å². The van der Waals surface area contributed by atoms with E-state index in [0.717, 1.165) is 32.6 Å². The summed E-state index contributed by atoms with van der Waals surface area (Å²) in [6.45, 7) is 5.57. The molecule has 0 aromatic heterocycles. The van der Waals surface area contributed by atoms with Crippen LogP contribution in [-0.2, 0) is 0 Å². The molecule has 0 unspecified atom stereocenters. The zero-order valence-corrected chi connectivity index (χ0v) is 12.9. The van der Waals surface area contributed by atoms with Crippen molar-refractivity contribution in [2.24, 2.45) is 0 Å². The molecule has 1 atom stereocenters. The second kappa shape index (κ2) is 6.51. The first-order valence-electron chi connectivity index (χ1n) is 6.66. The van der Waals surface area contributed by atoms with Gasteiger partial charge in [0.25, 0.3) is 0 Å². The number of phenols is 1. The van der Waals surface area contributed by atoms with Crippen LogP contribution in [0.3, 0.4) is 0 Å². The molecule has 1 fully saturated rings. The SMILES string of the molecule is CC[C@@H](c1cc(Br)cc([N+](=O)[O-])c1O)N1CCNCC1. The monoisotopic (exact) mass is 343 g/mol. The average molecular weight is 344 g/mol. The minimum Gasteiger partial charge on any atom is -0.502 e. The smallest absolute Gasteiger partial charge is 0.312 e. The number of nitro benzene ring substituents is 1. The summed E-state index contributed by atoms with van der Waals surface area (Å²) >= 11 is 3.29. The van der Waals surface area contributed by atoms with Crippen LogP contribution in [0.15, 0.2) is 16.6 Å². The zero-order chi connectivity index (χ0) is 14.7. The van der Waals surface area contributed by atoms with Gasteiger partial charge in [-0.1, -0.05) is 22.9 Å². The minimum atomic E-state index is -0.548. The molecule has 0 spiro atoms. The first-order chi connectivity index (χ1) is 9.54. The van der Waals surface area contributed by atoms with Gasteiger partial charge in [-0.3, -0.25) is 15.0 Å². The van der Waals surface area contributed by atoms with Crippen LogP contribution in [-0.4, -0.2) is 41.1 Å². The lowest BCUT2D eigenvalue weighted by molar-refractivity contribution is -0.386. The van der Waals surface area contributed by atoms with Crippen LogP contribution < -0.4 is 5.32 Å². The maximum absolute atomic E-state index is 11.0. The van der Waals surface area contributed by atoms with Crippen molar-refractivity contribution in [3.8, 4) is 5.75 Å². The number of benzene rings is 1. The van der Waals surface area contributed by atoms with Crippen molar-refractivity contribution in [1.82, 2.24) is 10.2 Å². The maximum atomic E-state index is 11.0. The number of nitrogens with zero attached hydrogens (tertiary/aromatic N) is 2. The van der Waals surface area contributed by atoms with Gasteiger partial charge in [-0.25, -0.2) is 0 Å². The van der Waals surface area contributed by atoms with Crippen molar-refractivity contribution in [3.63, 3.8) is 0 Å². The molecule has 1 aromatic rings. The lowest BCUT2D eigenvalue weighted by Crippen LogP contribution is -2.45. The Kier molecular flexibility index (Phi) is 4.95. The second-order valence-electron chi connectivity index (χ2n) is 4.83. The molecular weight excluding hydrogens is 326 g/mol. The lowest BCUT2D eigenvalue weighted by Gasteiger charge is -2.34. The molecule has 0 saturated carbocycles. The lowest BCUT2D eigenvalue weighted by atomic mass is 10.00. The number of phenolic OH excluding ortho intramolecular Hbond substituents is 1. The number of nitrogens with one attached hydrogen (secondary N) is 1. The fraction of sp³-hybridized carbons (Fsp3) is 0.538. The van der Waals surface area contributed by atoms with Crippen molar-refractivity contribution >= 4 is 21.6 Å². The Hall–Kier alpha value is -1.18. The summed E-state index contributed by atoms with van der Waals surface area (Å²) in [5, 5.41) is 24.5. The van der Waals surface area contributed by atoms with Crippen molar-refractivity contribution < 1.29 is 10.0 Å². The van der Waals surface area contributed by atoms with Gasteiger partial charge in [0, 0.05) is 48.3 Å². The summed E-state index contributed by atoms with van der Waals surface area (Å²) in [5.41, 5.74) is 0.374. The largest absolute Gasteiger partial charge is 0.502 e. The summed E-state index contributed by atoms with van der Waals surface area (Å²) in [7, 11) is 0. The van der Waals surface area contributed by atoms with E-state index in [-0.39, 0.29) is 17.5 Å². The van der Waals surface area contributed by atoms with Crippen LogP contribution in [0.4, 0.5) is 5.69 Å². The summed E-state index contributed by atoms with van der Waals surface area (Å²) in [4.78, 5) is 12.7. The quantitative estimate of drug-likeness (QED) is 0.648. The van der Waals surface area contributed by atoms with Crippen LogP contribution in [0.25, 0.3) is 0 Å². The van der Waals surface area contributed by atoms with Gasteiger partial charge in [0.15, 0.2) is 5.75 Å². The van der Waals surface area contributed by atoms with Crippen LogP contribution in [0.2, 0.25) is 0 Å². The Labute approximate surface area is 126 Å². The van der Waals surface area contributed by atoms with E-state index in [1.807, 2.05) is 6.92 Å². The van der Waals surface area contributed by atoms with Gasteiger partial charge >= 0.3 is 5.69 Å². The van der Waals surface area contributed by atoms with Gasteiger partial charge in [0.2, 0.25) is 0 Å². The molecule has 0 radical (unpaired) electrons. The molecule has 7 heteroatoms. The van der Waals surface area contributed by atoms with Gasteiger partial charge < -0.3 is 10.4 Å². The molecule has 0 amide bonds. The Morgan fingerprint density at radius 2 is 2.15 bits per heavy atom. The van der Waals surface area contributed by atoms with Gasteiger partial charge in [-0.15, -0.1) is 0 Å². The fourth-order valence-corrected chi connectivity index (χ4v) is 3.13. The molecule has 1 heterocycles. The van der Waals surface area contributed by atoms with E-state index in [0.29, 0.717) is 10.0 Å². The molecule has 1 saturated heterocycles. The second-order valence-corrected chi connectivity index (χ2v) is 5.75. The molecule has 1 aliphatic heterocycles. The highest BCUT2D eigenvalue weighted by atomic mass is 79.9. The van der Waals surface area contributed by atoms with Crippen LogP contribution in [0.1, 0.15) is 24.9 Å². The Balaban J connectivity index is 2.40. The molecular formula is C13H18BrN3O3. The Morgan fingerprint density at radius 1 is 1.50 bits per heavy atom. The van der Waals surface area contributed by atoms with Crippen molar-refractivity contribution in [2.45, 2.75) is 19.4 Å². The van der Waals surface area contributed by atoms with Crippen molar-refractivity contribution in [3.05, 3.63) is 32.3 Å². The molecule has 110 valence electrons. The third-order valence-electron chi connectivity index (χ3n) is 3.62. The van der Waals surface area contributed by atoms with E-state index in [1.54, 1.807) is 6.07 Å². The molecule has 6 nitrogen and oxygen atoms in total. The van der Waals surface area contributed by atoms with E-state index < -0.39 is 4.92 Å². The Morgan fingerprint density at radius 3 is 2.70 bits per heavy atom. The number of hydrogen-bond acceptors (Lipinski definition) is 5. The van der Waals surface area contributed by atoms with E-state index in [2.05, 4.69) is 26.1 Å². The number of aromatic hydroxyl groups is 1. The molecule has 1 aromatic carbocycles. The van der Waals surface area contributed by atoms with Crippen LogP contribution in [0.5, 0.6) is 5.75 Å². The number of rotatable bonds is 4. The van der Waals surface area contributed by atoms with Gasteiger partial charge in [-0.05, 0) is 12.5 Å². The zero-order valence-electron chi connectivity index (χ0n) is 11.3. The molecule has 1 aliphatic rings. The predicted molar refractivity (Wildman–Crippen MR) is 79.9 cm³/mol. The van der Waals surface area contributed by atoms with Gasteiger partial charge in [-0.2, -0.15) is 0 Å². The maximum Gasteiger partial charge on any atom is 0.312 e. The number of piperazine rings is 1. The summed E-state index contributed by atoms with van der Waals surface area (Å²) in [6.07, 6.45) is 0.793. The summed E-state index contributed by atoms with van der Waals surface area (Å²) in [6, 6.07) is 3.11. The normalized spacial score (nSPS) is 17.9. The molecule has 20 heavy (non-hydrogen) atoms. The van der Waals surface area contributed by atoms with E-state index in [9.17, 15) is 15.2 Å². The average Bonchev–Trinajstić information content (AvgIpc) is 2.44. The molecule has 0 aliphatic carbocycles. The summed E-state index contributed by atoms with van der Waals surface area (Å²) < 4.78 is 0.616. The highest BCUT2D eigenvalue weighted by Crippen LogP contribution is 2.39. The van der Waals surface area contributed by atoms with E-state index in [1.165, 1.54) is 6.07 Å². The van der Waals surface area contributed by atoms with Crippen molar-refractivity contribution in [1.29, 1.82) is 0 Å². The molecule has 2 rings (SSSR count). The minimum absolute atomic E-state index is 0.00620. The standard InChI is InChI=1S/C13H18BrN3O3/c1-2-11(16-5-3-15-4-6-16)10-7-9(14)8-12(13(10)18)17(19)20/h7-8,11,15,18H,2-6H2,1H3/t11-/m0/s1. The van der Waals surface area contributed by atoms with E-state index >= 15 is 0 Å². The predicted octanol–water partition coefficient (Wildman–Crippen LogP) is 2.42. The van der Waals surface area contributed by atoms with Gasteiger partial charge in [0.1, 0.15) is 0 Å². The molecule has 2 N–H and O–H groups in total. The highest BCUT2D eigenvalue weighted by molar-refractivity contribution is 9.10. The topological polar surface area (TPSA) is 78.6 Å². The fourth-order valence-electron chi connectivity index (χ4n) is 2.67.